The number of esters is 1. The van der Waals surface area contributed by atoms with E-state index in [2.05, 4.69) is 0 Å². The van der Waals surface area contributed by atoms with Crippen molar-refractivity contribution in [3.8, 4) is 0 Å². The molecule has 0 bridgehead atoms. The third-order valence-electron chi connectivity index (χ3n) is 4.62. The van der Waals surface area contributed by atoms with Crippen molar-refractivity contribution in [3.63, 3.8) is 0 Å². The summed E-state index contributed by atoms with van der Waals surface area (Å²) in [7, 11) is 0. The zero-order chi connectivity index (χ0) is 12.3. The Morgan fingerprint density at radius 2 is 2.18 bits per heavy atom. The minimum Gasteiger partial charge on any atom is -0.466 e. The van der Waals surface area contributed by atoms with Crippen LogP contribution in [0.3, 0.4) is 0 Å². The lowest BCUT2D eigenvalue weighted by molar-refractivity contribution is -0.144. The molecule has 0 aromatic heterocycles. The third-order valence-corrected chi connectivity index (χ3v) is 4.62. The molecule has 1 N–H and O–H groups in total. The summed E-state index contributed by atoms with van der Waals surface area (Å²) in [5.41, 5.74) is 0.134. The fraction of sp³-hybridized carbons (Fsp3) is 0.929. The molecule has 0 aliphatic heterocycles. The summed E-state index contributed by atoms with van der Waals surface area (Å²) >= 11 is 0. The Kier molecular flexibility index (Phi) is 4.08. The van der Waals surface area contributed by atoms with Gasteiger partial charge in [-0.3, -0.25) is 4.79 Å². The summed E-state index contributed by atoms with van der Waals surface area (Å²) in [6.07, 6.45) is 8.10. The molecule has 1 unspecified atom stereocenters. The molecule has 3 atom stereocenters. The van der Waals surface area contributed by atoms with Gasteiger partial charge in [0.25, 0.3) is 0 Å². The Morgan fingerprint density at radius 1 is 1.35 bits per heavy atom. The quantitative estimate of drug-likeness (QED) is 0.771. The van der Waals surface area contributed by atoms with Gasteiger partial charge in [-0.25, -0.2) is 0 Å². The first kappa shape index (κ1) is 12.9. The van der Waals surface area contributed by atoms with Gasteiger partial charge in [-0.2, -0.15) is 0 Å². The average Bonchev–Trinajstić information content (AvgIpc) is 2.68. The summed E-state index contributed by atoms with van der Waals surface area (Å²) in [6, 6.07) is 0. The molecule has 0 aromatic carbocycles. The van der Waals surface area contributed by atoms with Crippen LogP contribution in [-0.2, 0) is 9.53 Å². The first-order chi connectivity index (χ1) is 8.16. The van der Waals surface area contributed by atoms with Crippen molar-refractivity contribution < 1.29 is 14.6 Å². The lowest BCUT2D eigenvalue weighted by Crippen LogP contribution is -2.36. The SMILES string of the molecule is CCOC(=O)C[C@@H]1CC[C@@]2(CCCCC2O)C1. The zero-order valence-corrected chi connectivity index (χ0v) is 10.8. The Balaban J connectivity index is 1.87. The van der Waals surface area contributed by atoms with Gasteiger partial charge in [0.2, 0.25) is 0 Å². The second-order valence-corrected chi connectivity index (χ2v) is 5.74. The molecule has 3 heteroatoms. The van der Waals surface area contributed by atoms with Crippen LogP contribution in [0, 0.1) is 11.3 Å². The Morgan fingerprint density at radius 3 is 2.88 bits per heavy atom. The van der Waals surface area contributed by atoms with E-state index in [0.717, 1.165) is 38.5 Å². The molecule has 0 aromatic rings. The van der Waals surface area contributed by atoms with E-state index in [0.29, 0.717) is 18.9 Å². The molecular formula is C14H24O3. The molecule has 0 radical (unpaired) electrons. The number of rotatable bonds is 3. The summed E-state index contributed by atoms with van der Waals surface area (Å²) in [6.45, 7) is 2.32. The number of carbonyl (C=O) groups excluding carboxylic acids is 1. The van der Waals surface area contributed by atoms with Gasteiger partial charge >= 0.3 is 5.97 Å². The average molecular weight is 240 g/mol. The molecule has 2 rings (SSSR count). The molecule has 98 valence electrons. The van der Waals surface area contributed by atoms with Gasteiger partial charge in [-0.15, -0.1) is 0 Å². The number of aliphatic hydroxyl groups excluding tert-OH is 1. The van der Waals surface area contributed by atoms with Gasteiger partial charge in [0, 0.05) is 6.42 Å². The molecule has 2 aliphatic rings. The van der Waals surface area contributed by atoms with Crippen LogP contribution in [-0.4, -0.2) is 23.8 Å². The maximum absolute atomic E-state index is 11.5. The lowest BCUT2D eigenvalue weighted by Gasteiger charge is -2.38. The summed E-state index contributed by atoms with van der Waals surface area (Å²) in [5.74, 6) is 0.363. The maximum atomic E-state index is 11.5. The summed E-state index contributed by atoms with van der Waals surface area (Å²) in [4.78, 5) is 11.5. The minimum absolute atomic E-state index is 0.0696. The van der Waals surface area contributed by atoms with Gasteiger partial charge < -0.3 is 9.84 Å². The number of hydrogen-bond acceptors (Lipinski definition) is 3. The topological polar surface area (TPSA) is 46.5 Å². The van der Waals surface area contributed by atoms with Crippen molar-refractivity contribution in [2.24, 2.45) is 11.3 Å². The Labute approximate surface area is 104 Å². The highest BCUT2D eigenvalue weighted by Gasteiger charge is 2.45. The molecule has 2 fully saturated rings. The van der Waals surface area contributed by atoms with Crippen molar-refractivity contribution in [2.75, 3.05) is 6.61 Å². The first-order valence-electron chi connectivity index (χ1n) is 7.00. The highest BCUT2D eigenvalue weighted by molar-refractivity contribution is 5.69. The summed E-state index contributed by atoms with van der Waals surface area (Å²) in [5, 5.41) is 10.2. The molecule has 1 spiro atoms. The number of carbonyl (C=O) groups is 1. The van der Waals surface area contributed by atoms with Crippen LogP contribution >= 0.6 is 0 Å². The van der Waals surface area contributed by atoms with Crippen LogP contribution in [0.5, 0.6) is 0 Å². The van der Waals surface area contributed by atoms with Crippen molar-refractivity contribution in [3.05, 3.63) is 0 Å². The number of hydrogen-bond donors (Lipinski definition) is 1. The van der Waals surface area contributed by atoms with Gasteiger partial charge in [0.1, 0.15) is 0 Å². The summed E-state index contributed by atoms with van der Waals surface area (Å²) < 4.78 is 5.00. The Bertz CT molecular complexity index is 277. The van der Waals surface area contributed by atoms with E-state index >= 15 is 0 Å². The van der Waals surface area contributed by atoms with Gasteiger partial charge in [-0.1, -0.05) is 12.8 Å². The van der Waals surface area contributed by atoms with Crippen LogP contribution in [0.2, 0.25) is 0 Å². The molecule has 0 heterocycles. The predicted octanol–water partition coefficient (Wildman–Crippen LogP) is 2.66. The highest BCUT2D eigenvalue weighted by atomic mass is 16.5. The fourth-order valence-electron chi connectivity index (χ4n) is 3.72. The van der Waals surface area contributed by atoms with E-state index in [1.165, 1.54) is 6.42 Å². The molecule has 2 saturated carbocycles. The second kappa shape index (κ2) is 5.38. The zero-order valence-electron chi connectivity index (χ0n) is 10.8. The minimum atomic E-state index is -0.136. The fourth-order valence-corrected chi connectivity index (χ4v) is 3.72. The first-order valence-corrected chi connectivity index (χ1v) is 7.00. The van der Waals surface area contributed by atoms with Crippen LogP contribution in [0.1, 0.15) is 58.3 Å². The largest absolute Gasteiger partial charge is 0.466 e. The lowest BCUT2D eigenvalue weighted by atomic mass is 9.70. The van der Waals surface area contributed by atoms with E-state index in [4.69, 9.17) is 4.74 Å². The van der Waals surface area contributed by atoms with Gasteiger partial charge in [0.05, 0.1) is 12.7 Å². The number of aliphatic hydroxyl groups is 1. The van der Waals surface area contributed by atoms with Crippen LogP contribution < -0.4 is 0 Å². The molecule has 17 heavy (non-hydrogen) atoms. The van der Waals surface area contributed by atoms with E-state index in [1.807, 2.05) is 6.92 Å². The standard InChI is InChI=1S/C14H24O3/c1-2-17-13(16)9-11-6-8-14(10-11)7-4-3-5-12(14)15/h11-12,15H,2-10H2,1H3/t11-,12?,14-/m0/s1. The normalized spacial score (nSPS) is 37.3. The van der Waals surface area contributed by atoms with Crippen molar-refractivity contribution in [1.29, 1.82) is 0 Å². The molecular weight excluding hydrogens is 216 g/mol. The molecule has 0 saturated heterocycles. The van der Waals surface area contributed by atoms with Crippen LogP contribution in [0.15, 0.2) is 0 Å². The van der Waals surface area contributed by atoms with Crippen LogP contribution in [0.25, 0.3) is 0 Å². The predicted molar refractivity (Wildman–Crippen MR) is 65.5 cm³/mol. The second-order valence-electron chi connectivity index (χ2n) is 5.74. The molecule has 2 aliphatic carbocycles. The monoisotopic (exact) mass is 240 g/mol. The van der Waals surface area contributed by atoms with E-state index in [9.17, 15) is 9.90 Å². The van der Waals surface area contributed by atoms with Gasteiger partial charge in [0.15, 0.2) is 0 Å². The van der Waals surface area contributed by atoms with Crippen molar-refractivity contribution in [1.82, 2.24) is 0 Å². The van der Waals surface area contributed by atoms with Gasteiger partial charge in [-0.05, 0) is 50.4 Å². The smallest absolute Gasteiger partial charge is 0.306 e. The number of ether oxygens (including phenoxy) is 1. The third kappa shape index (κ3) is 2.82. The van der Waals surface area contributed by atoms with Crippen molar-refractivity contribution in [2.45, 2.75) is 64.4 Å². The molecule has 3 nitrogen and oxygen atoms in total. The maximum Gasteiger partial charge on any atom is 0.306 e. The van der Waals surface area contributed by atoms with Crippen molar-refractivity contribution >= 4 is 5.97 Å². The molecule has 0 amide bonds. The van der Waals surface area contributed by atoms with Crippen LogP contribution in [0.4, 0.5) is 0 Å². The Hall–Kier alpha value is -0.570. The van der Waals surface area contributed by atoms with E-state index in [-0.39, 0.29) is 17.5 Å². The van der Waals surface area contributed by atoms with E-state index < -0.39 is 0 Å². The highest BCUT2D eigenvalue weighted by Crippen LogP contribution is 2.52. The van der Waals surface area contributed by atoms with E-state index in [1.54, 1.807) is 0 Å².